The highest BCUT2D eigenvalue weighted by Gasteiger charge is 2.50. The molecule has 2 atom stereocenters. The van der Waals surface area contributed by atoms with E-state index in [2.05, 4.69) is 36.2 Å². The molecule has 4 nitrogen and oxygen atoms in total. The van der Waals surface area contributed by atoms with Crippen LogP contribution >= 0.6 is 0 Å². The minimum absolute atomic E-state index is 0.0876. The van der Waals surface area contributed by atoms with E-state index in [0.29, 0.717) is 11.3 Å². The highest BCUT2D eigenvalue weighted by atomic mass is 16.5. The van der Waals surface area contributed by atoms with Crippen molar-refractivity contribution in [1.29, 1.82) is 0 Å². The average molecular weight is 235 g/mol. The topological polar surface area (TPSA) is 51.0 Å². The van der Waals surface area contributed by atoms with Crippen molar-refractivity contribution in [3.63, 3.8) is 0 Å². The van der Waals surface area contributed by atoms with E-state index in [1.54, 1.807) is 0 Å². The van der Waals surface area contributed by atoms with Crippen LogP contribution in [0.1, 0.15) is 57.7 Å². The van der Waals surface area contributed by atoms with Crippen LogP contribution in [-0.2, 0) is 5.41 Å². The van der Waals surface area contributed by atoms with E-state index in [1.165, 1.54) is 6.42 Å². The van der Waals surface area contributed by atoms with Crippen LogP contribution in [-0.4, -0.2) is 23.2 Å². The first-order valence-electron chi connectivity index (χ1n) is 6.62. The van der Waals surface area contributed by atoms with Gasteiger partial charge in [-0.1, -0.05) is 25.9 Å². The van der Waals surface area contributed by atoms with Crippen LogP contribution in [0, 0.1) is 5.41 Å². The Hall–Kier alpha value is -0.900. The van der Waals surface area contributed by atoms with Gasteiger partial charge in [0.25, 0.3) is 0 Å². The average Bonchev–Trinajstić information content (AvgIpc) is 2.82. The lowest BCUT2D eigenvalue weighted by Gasteiger charge is -2.20. The van der Waals surface area contributed by atoms with Gasteiger partial charge >= 0.3 is 0 Å². The van der Waals surface area contributed by atoms with Gasteiger partial charge < -0.3 is 9.84 Å². The molecule has 1 aromatic rings. The zero-order chi connectivity index (χ0) is 12.1. The van der Waals surface area contributed by atoms with Crippen molar-refractivity contribution in [1.82, 2.24) is 15.5 Å². The number of nitrogens with zero attached hydrogens (tertiary/aromatic N) is 2. The first kappa shape index (κ1) is 11.2. The first-order valence-corrected chi connectivity index (χ1v) is 6.62. The molecule has 2 aliphatic rings. The molecule has 1 aromatic heterocycles. The summed E-state index contributed by atoms with van der Waals surface area (Å²) in [6.07, 6.45) is 3.36. The molecule has 1 saturated carbocycles. The summed E-state index contributed by atoms with van der Waals surface area (Å²) in [5, 5.41) is 7.60. The molecule has 3 rings (SSSR count). The molecule has 2 heterocycles. The van der Waals surface area contributed by atoms with Gasteiger partial charge in [-0.05, 0) is 31.2 Å². The van der Waals surface area contributed by atoms with E-state index >= 15 is 0 Å². The third kappa shape index (κ3) is 1.69. The van der Waals surface area contributed by atoms with Gasteiger partial charge in [0.05, 0.1) is 5.41 Å². The Morgan fingerprint density at radius 1 is 1.47 bits per heavy atom. The molecule has 0 amide bonds. The maximum atomic E-state index is 5.54. The van der Waals surface area contributed by atoms with E-state index in [1.807, 2.05) is 0 Å². The van der Waals surface area contributed by atoms with Crippen LogP contribution in [0.25, 0.3) is 0 Å². The summed E-state index contributed by atoms with van der Waals surface area (Å²) in [6, 6.07) is 0. The fourth-order valence-electron chi connectivity index (χ4n) is 2.88. The van der Waals surface area contributed by atoms with E-state index in [0.717, 1.165) is 37.6 Å². The molecule has 0 aromatic carbocycles. The molecule has 17 heavy (non-hydrogen) atoms. The summed E-state index contributed by atoms with van der Waals surface area (Å²) < 4.78 is 5.54. The van der Waals surface area contributed by atoms with Crippen LogP contribution in [0.15, 0.2) is 4.52 Å². The van der Waals surface area contributed by atoms with Gasteiger partial charge in [-0.25, -0.2) is 0 Å². The van der Waals surface area contributed by atoms with Crippen LogP contribution in [0.3, 0.4) is 0 Å². The SMILES string of the molecule is CCC1(c2nc(C3CC3(C)C)no2)CCNC1. The summed E-state index contributed by atoms with van der Waals surface area (Å²) in [4.78, 5) is 4.68. The highest BCUT2D eigenvalue weighted by molar-refractivity contribution is 5.17. The van der Waals surface area contributed by atoms with Gasteiger partial charge in [0.15, 0.2) is 5.82 Å². The van der Waals surface area contributed by atoms with Crippen molar-refractivity contribution in [3.8, 4) is 0 Å². The largest absolute Gasteiger partial charge is 0.339 e. The second-order valence-electron chi connectivity index (χ2n) is 6.26. The summed E-state index contributed by atoms with van der Waals surface area (Å²) in [5.41, 5.74) is 0.457. The Kier molecular flexibility index (Phi) is 2.34. The van der Waals surface area contributed by atoms with Crippen molar-refractivity contribution in [3.05, 3.63) is 11.7 Å². The monoisotopic (exact) mass is 235 g/mol. The lowest BCUT2D eigenvalue weighted by atomic mass is 9.84. The maximum absolute atomic E-state index is 5.54. The molecule has 94 valence electrons. The van der Waals surface area contributed by atoms with Gasteiger partial charge in [0.1, 0.15) is 0 Å². The van der Waals surface area contributed by atoms with Crippen molar-refractivity contribution >= 4 is 0 Å². The zero-order valence-corrected chi connectivity index (χ0v) is 10.9. The fourth-order valence-corrected chi connectivity index (χ4v) is 2.88. The molecule has 2 unspecified atom stereocenters. The Labute approximate surface area is 102 Å². The Balaban J connectivity index is 1.85. The number of hydrogen-bond donors (Lipinski definition) is 1. The second kappa shape index (κ2) is 3.55. The third-order valence-corrected chi connectivity index (χ3v) is 4.64. The first-order chi connectivity index (χ1) is 8.07. The Morgan fingerprint density at radius 2 is 2.24 bits per heavy atom. The summed E-state index contributed by atoms with van der Waals surface area (Å²) >= 11 is 0. The lowest BCUT2D eigenvalue weighted by molar-refractivity contribution is 0.283. The van der Waals surface area contributed by atoms with E-state index in [9.17, 15) is 0 Å². The van der Waals surface area contributed by atoms with E-state index in [4.69, 9.17) is 4.52 Å². The molecule has 1 aliphatic heterocycles. The summed E-state index contributed by atoms with van der Waals surface area (Å²) in [5.74, 6) is 2.27. The van der Waals surface area contributed by atoms with Gasteiger partial charge in [-0.3, -0.25) is 0 Å². The number of rotatable bonds is 3. The predicted molar refractivity (Wildman–Crippen MR) is 64.9 cm³/mol. The Morgan fingerprint density at radius 3 is 2.76 bits per heavy atom. The molecule has 0 radical (unpaired) electrons. The second-order valence-corrected chi connectivity index (χ2v) is 6.26. The molecule has 1 aliphatic carbocycles. The van der Waals surface area contributed by atoms with Gasteiger partial charge in [-0.2, -0.15) is 4.98 Å². The molecule has 2 fully saturated rings. The standard InChI is InChI=1S/C13H21N3O/c1-4-13(5-6-14-8-13)11-15-10(16-17-11)9-7-12(9,2)3/h9,14H,4-8H2,1-3H3. The van der Waals surface area contributed by atoms with E-state index in [-0.39, 0.29) is 5.41 Å². The number of nitrogens with one attached hydrogen (secondary N) is 1. The molecular weight excluding hydrogens is 214 g/mol. The molecule has 4 heteroatoms. The van der Waals surface area contributed by atoms with Crippen LogP contribution in [0.5, 0.6) is 0 Å². The third-order valence-electron chi connectivity index (χ3n) is 4.64. The van der Waals surface area contributed by atoms with Crippen LogP contribution < -0.4 is 5.32 Å². The highest BCUT2D eigenvalue weighted by Crippen LogP contribution is 2.57. The molecule has 0 spiro atoms. The van der Waals surface area contributed by atoms with Crippen molar-refractivity contribution in [2.75, 3.05) is 13.1 Å². The van der Waals surface area contributed by atoms with Crippen molar-refractivity contribution in [2.45, 2.75) is 51.4 Å². The number of aromatic nitrogens is 2. The smallest absolute Gasteiger partial charge is 0.234 e. The maximum Gasteiger partial charge on any atom is 0.234 e. The summed E-state index contributed by atoms with van der Waals surface area (Å²) in [6.45, 7) is 8.76. The molecular formula is C13H21N3O. The van der Waals surface area contributed by atoms with Crippen LogP contribution in [0.2, 0.25) is 0 Å². The van der Waals surface area contributed by atoms with Gasteiger partial charge in [-0.15, -0.1) is 0 Å². The summed E-state index contributed by atoms with van der Waals surface area (Å²) in [7, 11) is 0. The molecule has 0 bridgehead atoms. The Bertz CT molecular complexity index is 418. The van der Waals surface area contributed by atoms with Gasteiger partial charge in [0.2, 0.25) is 5.89 Å². The van der Waals surface area contributed by atoms with Crippen molar-refractivity contribution < 1.29 is 4.52 Å². The normalized spacial score (nSPS) is 35.1. The van der Waals surface area contributed by atoms with Crippen LogP contribution in [0.4, 0.5) is 0 Å². The predicted octanol–water partition coefficient (Wildman–Crippen LogP) is 2.22. The van der Waals surface area contributed by atoms with E-state index < -0.39 is 0 Å². The van der Waals surface area contributed by atoms with Crippen molar-refractivity contribution in [2.24, 2.45) is 5.41 Å². The van der Waals surface area contributed by atoms with Gasteiger partial charge in [0, 0.05) is 12.5 Å². The molecule has 1 saturated heterocycles. The molecule has 1 N–H and O–H groups in total. The minimum Gasteiger partial charge on any atom is -0.339 e. The fraction of sp³-hybridized carbons (Fsp3) is 0.846. The quantitative estimate of drug-likeness (QED) is 0.872. The lowest BCUT2D eigenvalue weighted by Crippen LogP contribution is -2.28. The zero-order valence-electron chi connectivity index (χ0n) is 10.9. The minimum atomic E-state index is 0.0876. The number of hydrogen-bond acceptors (Lipinski definition) is 4.